The summed E-state index contributed by atoms with van der Waals surface area (Å²) in [5.74, 6) is 1.01. The molecule has 176 valence electrons. The molecule has 2 aliphatic heterocycles. The third-order valence-electron chi connectivity index (χ3n) is 7.28. The van der Waals surface area contributed by atoms with Crippen molar-refractivity contribution in [1.82, 2.24) is 5.32 Å². The van der Waals surface area contributed by atoms with Gasteiger partial charge < -0.3 is 15.0 Å². The summed E-state index contributed by atoms with van der Waals surface area (Å²) in [4.78, 5) is 15.0. The van der Waals surface area contributed by atoms with E-state index >= 15 is 0 Å². The summed E-state index contributed by atoms with van der Waals surface area (Å²) in [6.07, 6.45) is 11.0. The fraction of sp³-hybridized carbons (Fsp3) is 0.483. The SMILES string of the molecule is CCCCCCCOc1cccc(/C=C/C23NC(=O)CCN2c2ccc(C)cc2C3(C)C)c1. The number of aryl methyl sites for hydroxylation is 1. The molecular weight excluding hydrogens is 408 g/mol. The molecule has 2 aromatic rings. The number of rotatable bonds is 9. The van der Waals surface area contributed by atoms with Gasteiger partial charge in [-0.05, 0) is 48.7 Å². The average Bonchev–Trinajstić information content (AvgIpc) is 2.98. The summed E-state index contributed by atoms with van der Waals surface area (Å²) in [7, 11) is 0. The van der Waals surface area contributed by atoms with E-state index in [4.69, 9.17) is 4.74 Å². The predicted octanol–water partition coefficient (Wildman–Crippen LogP) is 6.37. The van der Waals surface area contributed by atoms with E-state index in [0.717, 1.165) is 30.9 Å². The molecule has 33 heavy (non-hydrogen) atoms. The lowest BCUT2D eigenvalue weighted by molar-refractivity contribution is -0.124. The summed E-state index contributed by atoms with van der Waals surface area (Å²) in [6.45, 7) is 10.3. The number of carbonyl (C=O) groups is 1. The van der Waals surface area contributed by atoms with Crippen molar-refractivity contribution in [3.63, 3.8) is 0 Å². The van der Waals surface area contributed by atoms with E-state index in [-0.39, 0.29) is 11.3 Å². The first-order valence-corrected chi connectivity index (χ1v) is 12.5. The molecule has 1 saturated heterocycles. The maximum absolute atomic E-state index is 12.6. The zero-order valence-corrected chi connectivity index (χ0v) is 20.6. The number of unbranched alkanes of at least 4 members (excludes halogenated alkanes) is 4. The normalized spacial score (nSPS) is 21.1. The highest BCUT2D eigenvalue weighted by atomic mass is 16.5. The maximum Gasteiger partial charge on any atom is 0.223 e. The fourth-order valence-corrected chi connectivity index (χ4v) is 5.29. The van der Waals surface area contributed by atoms with Crippen LogP contribution in [0.3, 0.4) is 0 Å². The molecule has 1 N–H and O–H groups in total. The number of ether oxygens (including phenoxy) is 1. The smallest absolute Gasteiger partial charge is 0.223 e. The Balaban J connectivity index is 1.55. The van der Waals surface area contributed by atoms with E-state index in [9.17, 15) is 4.79 Å². The molecule has 0 aromatic heterocycles. The van der Waals surface area contributed by atoms with Crippen molar-refractivity contribution in [2.45, 2.75) is 77.3 Å². The monoisotopic (exact) mass is 446 g/mol. The third-order valence-corrected chi connectivity index (χ3v) is 7.28. The lowest BCUT2D eigenvalue weighted by atomic mass is 9.74. The first kappa shape index (κ1) is 23.4. The molecule has 1 unspecified atom stereocenters. The molecule has 1 fully saturated rings. The molecule has 4 nitrogen and oxygen atoms in total. The van der Waals surface area contributed by atoms with Crippen LogP contribution in [0.5, 0.6) is 5.75 Å². The number of anilines is 1. The topological polar surface area (TPSA) is 41.6 Å². The van der Waals surface area contributed by atoms with Crippen molar-refractivity contribution in [2.24, 2.45) is 0 Å². The minimum Gasteiger partial charge on any atom is -0.494 e. The molecular formula is C29H38N2O2. The Bertz CT molecular complexity index is 1030. The van der Waals surface area contributed by atoms with Gasteiger partial charge in [-0.3, -0.25) is 4.79 Å². The molecule has 2 aliphatic rings. The van der Waals surface area contributed by atoms with E-state index < -0.39 is 5.66 Å². The van der Waals surface area contributed by atoms with E-state index in [1.807, 2.05) is 12.1 Å². The number of hydrogen-bond acceptors (Lipinski definition) is 3. The Morgan fingerprint density at radius 3 is 2.73 bits per heavy atom. The van der Waals surface area contributed by atoms with E-state index in [0.29, 0.717) is 6.42 Å². The molecule has 4 rings (SSSR count). The number of amides is 1. The summed E-state index contributed by atoms with van der Waals surface area (Å²) in [5.41, 5.74) is 3.97. The van der Waals surface area contributed by atoms with Crippen LogP contribution in [0.4, 0.5) is 5.69 Å². The average molecular weight is 447 g/mol. The van der Waals surface area contributed by atoms with Gasteiger partial charge in [0, 0.05) is 24.1 Å². The van der Waals surface area contributed by atoms with Crippen LogP contribution in [-0.2, 0) is 10.2 Å². The van der Waals surface area contributed by atoms with Crippen LogP contribution in [0, 0.1) is 6.92 Å². The second kappa shape index (κ2) is 9.62. The molecule has 0 spiro atoms. The number of nitrogens with zero attached hydrogens (tertiary/aromatic N) is 1. The van der Waals surface area contributed by atoms with E-state index in [2.05, 4.69) is 80.4 Å². The molecule has 2 heterocycles. The summed E-state index contributed by atoms with van der Waals surface area (Å²) >= 11 is 0. The summed E-state index contributed by atoms with van der Waals surface area (Å²) < 4.78 is 6.01. The van der Waals surface area contributed by atoms with Crippen molar-refractivity contribution in [3.05, 3.63) is 65.2 Å². The minimum absolute atomic E-state index is 0.105. The standard InChI is InChI=1S/C29H38N2O2/c1-5-6-7-8-9-19-33-24-12-10-11-23(21-24)15-17-29-28(3,4)25-20-22(2)13-14-26(25)31(29)18-16-27(32)30-29/h10-15,17,20-21H,5-9,16,18-19H2,1-4H3,(H,30,32)/b17-15+. The molecule has 1 atom stereocenters. The van der Waals surface area contributed by atoms with Gasteiger partial charge in [-0.15, -0.1) is 0 Å². The molecule has 0 radical (unpaired) electrons. The highest BCUT2D eigenvalue weighted by molar-refractivity contribution is 5.84. The molecule has 0 bridgehead atoms. The van der Waals surface area contributed by atoms with Gasteiger partial charge in [-0.2, -0.15) is 0 Å². The van der Waals surface area contributed by atoms with E-state index in [1.54, 1.807) is 0 Å². The molecule has 2 aromatic carbocycles. The Morgan fingerprint density at radius 2 is 1.91 bits per heavy atom. The maximum atomic E-state index is 12.6. The number of nitrogens with one attached hydrogen (secondary N) is 1. The quantitative estimate of drug-likeness (QED) is 0.455. The highest BCUT2D eigenvalue weighted by Crippen LogP contribution is 2.52. The molecule has 0 saturated carbocycles. The van der Waals surface area contributed by atoms with Gasteiger partial charge in [-0.1, -0.05) is 82.4 Å². The fourth-order valence-electron chi connectivity index (χ4n) is 5.29. The first-order valence-electron chi connectivity index (χ1n) is 12.5. The van der Waals surface area contributed by atoms with Crippen LogP contribution in [0.1, 0.15) is 76.0 Å². The largest absolute Gasteiger partial charge is 0.494 e. The number of hydrogen-bond donors (Lipinski definition) is 1. The summed E-state index contributed by atoms with van der Waals surface area (Å²) in [6, 6.07) is 14.9. The minimum atomic E-state index is -0.589. The number of benzene rings is 2. The molecule has 0 aliphatic carbocycles. The van der Waals surface area contributed by atoms with Crippen LogP contribution in [-0.4, -0.2) is 24.7 Å². The molecule has 1 amide bonds. The van der Waals surface area contributed by atoms with Gasteiger partial charge in [0.05, 0.1) is 6.61 Å². The predicted molar refractivity (Wildman–Crippen MR) is 137 cm³/mol. The lowest BCUT2D eigenvalue weighted by Crippen LogP contribution is -2.68. The van der Waals surface area contributed by atoms with Gasteiger partial charge in [0.1, 0.15) is 11.4 Å². The van der Waals surface area contributed by atoms with Gasteiger partial charge >= 0.3 is 0 Å². The third kappa shape index (κ3) is 4.53. The Hall–Kier alpha value is -2.75. The highest BCUT2D eigenvalue weighted by Gasteiger charge is 2.57. The van der Waals surface area contributed by atoms with Crippen LogP contribution in [0.25, 0.3) is 6.08 Å². The second-order valence-electron chi connectivity index (χ2n) is 10.0. The van der Waals surface area contributed by atoms with Crippen molar-refractivity contribution in [2.75, 3.05) is 18.1 Å². The van der Waals surface area contributed by atoms with Gasteiger partial charge in [-0.25, -0.2) is 0 Å². The van der Waals surface area contributed by atoms with Crippen molar-refractivity contribution in [1.29, 1.82) is 0 Å². The lowest BCUT2D eigenvalue weighted by Gasteiger charge is -2.49. The van der Waals surface area contributed by atoms with Crippen LogP contribution in [0.15, 0.2) is 48.5 Å². The zero-order chi connectivity index (χ0) is 23.5. The first-order chi connectivity index (χ1) is 15.9. The zero-order valence-electron chi connectivity index (χ0n) is 20.6. The Kier molecular flexibility index (Phi) is 6.83. The van der Waals surface area contributed by atoms with Gasteiger partial charge in [0.25, 0.3) is 0 Å². The molecule has 4 heteroatoms. The van der Waals surface area contributed by atoms with E-state index in [1.165, 1.54) is 42.5 Å². The van der Waals surface area contributed by atoms with Gasteiger partial charge in [0.15, 0.2) is 0 Å². The number of fused-ring (bicyclic) bond motifs is 3. The Morgan fingerprint density at radius 1 is 1.09 bits per heavy atom. The van der Waals surface area contributed by atoms with Gasteiger partial charge in [0.2, 0.25) is 5.91 Å². The van der Waals surface area contributed by atoms with Crippen LogP contribution in [0.2, 0.25) is 0 Å². The second-order valence-corrected chi connectivity index (χ2v) is 10.0. The number of carbonyl (C=O) groups excluding carboxylic acids is 1. The van der Waals surface area contributed by atoms with Crippen LogP contribution >= 0.6 is 0 Å². The summed E-state index contributed by atoms with van der Waals surface area (Å²) in [5, 5.41) is 3.36. The Labute approximate surface area is 199 Å². The van der Waals surface area contributed by atoms with Crippen molar-refractivity contribution < 1.29 is 9.53 Å². The van der Waals surface area contributed by atoms with Crippen molar-refractivity contribution >= 4 is 17.7 Å². The van der Waals surface area contributed by atoms with Crippen molar-refractivity contribution in [3.8, 4) is 5.75 Å². The van der Waals surface area contributed by atoms with Crippen LogP contribution < -0.4 is 15.0 Å².